The molecule has 1 fully saturated rings. The van der Waals surface area contributed by atoms with Gasteiger partial charge >= 0.3 is 0 Å². The number of nitrogens with zero attached hydrogens (tertiary/aromatic N) is 1. The summed E-state index contributed by atoms with van der Waals surface area (Å²) < 4.78 is 0. The zero-order valence-electron chi connectivity index (χ0n) is 12.3. The van der Waals surface area contributed by atoms with Gasteiger partial charge in [0.05, 0.1) is 0 Å². The van der Waals surface area contributed by atoms with Crippen LogP contribution >= 0.6 is 0 Å². The molecule has 1 aliphatic rings. The quantitative estimate of drug-likeness (QED) is 0.912. The molecule has 0 radical (unpaired) electrons. The first-order chi connectivity index (χ1) is 9.72. The standard InChI is InChI=1S/C18H22N2/c1-13-3-5-15(6-4-13)17-9-18(10-17)20-12-16-7-8-19-11-14(16)2/h3-8,11,17-18,20H,9-10,12H2,1-2H3. The molecule has 1 heterocycles. The van der Waals surface area contributed by atoms with E-state index in [9.17, 15) is 0 Å². The van der Waals surface area contributed by atoms with Gasteiger partial charge in [-0.3, -0.25) is 4.98 Å². The van der Waals surface area contributed by atoms with Crippen LogP contribution in [0.4, 0.5) is 0 Å². The molecule has 0 spiro atoms. The Morgan fingerprint density at radius 3 is 2.55 bits per heavy atom. The zero-order valence-corrected chi connectivity index (χ0v) is 12.3. The molecule has 0 unspecified atom stereocenters. The van der Waals surface area contributed by atoms with Crippen LogP contribution in [-0.4, -0.2) is 11.0 Å². The van der Waals surface area contributed by atoms with Crippen molar-refractivity contribution in [3.05, 3.63) is 65.0 Å². The highest BCUT2D eigenvalue weighted by Crippen LogP contribution is 2.37. The van der Waals surface area contributed by atoms with Gasteiger partial charge in [0, 0.05) is 25.0 Å². The van der Waals surface area contributed by atoms with Crippen molar-refractivity contribution < 1.29 is 0 Å². The van der Waals surface area contributed by atoms with E-state index in [0.29, 0.717) is 6.04 Å². The molecule has 1 aromatic carbocycles. The predicted octanol–water partition coefficient (Wildman–Crippen LogP) is 3.73. The molecule has 3 rings (SSSR count). The van der Waals surface area contributed by atoms with Gasteiger partial charge < -0.3 is 5.32 Å². The summed E-state index contributed by atoms with van der Waals surface area (Å²) in [5, 5.41) is 3.66. The summed E-state index contributed by atoms with van der Waals surface area (Å²) >= 11 is 0. The number of hydrogen-bond donors (Lipinski definition) is 1. The van der Waals surface area contributed by atoms with Crippen molar-refractivity contribution in [3.8, 4) is 0 Å². The summed E-state index contributed by atoms with van der Waals surface area (Å²) in [6.45, 7) is 5.23. The van der Waals surface area contributed by atoms with Crippen molar-refractivity contribution in [3.63, 3.8) is 0 Å². The molecular weight excluding hydrogens is 244 g/mol. The Balaban J connectivity index is 1.49. The summed E-state index contributed by atoms with van der Waals surface area (Å²) in [4.78, 5) is 4.14. The van der Waals surface area contributed by atoms with Crippen LogP contribution in [0.25, 0.3) is 0 Å². The molecule has 1 aromatic heterocycles. The topological polar surface area (TPSA) is 24.9 Å². The maximum atomic E-state index is 4.14. The summed E-state index contributed by atoms with van der Waals surface area (Å²) in [5.41, 5.74) is 5.47. The highest BCUT2D eigenvalue weighted by Gasteiger charge is 2.29. The number of aromatic nitrogens is 1. The van der Waals surface area contributed by atoms with Crippen LogP contribution in [0.15, 0.2) is 42.7 Å². The third-order valence-electron chi connectivity index (χ3n) is 4.40. The van der Waals surface area contributed by atoms with E-state index in [1.807, 2.05) is 12.4 Å². The molecular formula is C18H22N2. The molecule has 0 amide bonds. The van der Waals surface area contributed by atoms with E-state index < -0.39 is 0 Å². The molecule has 0 atom stereocenters. The summed E-state index contributed by atoms with van der Waals surface area (Å²) in [6, 6.07) is 11.8. The Morgan fingerprint density at radius 1 is 1.10 bits per heavy atom. The van der Waals surface area contributed by atoms with Crippen LogP contribution in [0.1, 0.15) is 41.0 Å². The molecule has 1 aliphatic carbocycles. The van der Waals surface area contributed by atoms with Crippen LogP contribution in [-0.2, 0) is 6.54 Å². The number of hydrogen-bond acceptors (Lipinski definition) is 2. The van der Waals surface area contributed by atoms with Gasteiger partial charge in [-0.1, -0.05) is 29.8 Å². The Morgan fingerprint density at radius 2 is 1.85 bits per heavy atom. The van der Waals surface area contributed by atoms with Crippen molar-refractivity contribution in [1.29, 1.82) is 0 Å². The third kappa shape index (κ3) is 2.91. The highest BCUT2D eigenvalue weighted by atomic mass is 14.9. The number of benzene rings is 1. The SMILES string of the molecule is Cc1ccc(C2CC(NCc3ccncc3C)C2)cc1. The molecule has 1 saturated carbocycles. The smallest absolute Gasteiger partial charge is 0.0300 e. The number of pyridine rings is 1. The van der Waals surface area contributed by atoms with E-state index in [0.717, 1.165) is 12.5 Å². The maximum Gasteiger partial charge on any atom is 0.0300 e. The van der Waals surface area contributed by atoms with E-state index in [-0.39, 0.29) is 0 Å². The summed E-state index contributed by atoms with van der Waals surface area (Å²) in [7, 11) is 0. The van der Waals surface area contributed by atoms with Gasteiger partial charge in [-0.25, -0.2) is 0 Å². The van der Waals surface area contributed by atoms with Crippen molar-refractivity contribution in [2.45, 2.75) is 45.2 Å². The van der Waals surface area contributed by atoms with Gasteiger partial charge in [-0.2, -0.15) is 0 Å². The summed E-state index contributed by atoms with van der Waals surface area (Å²) in [6.07, 6.45) is 6.33. The monoisotopic (exact) mass is 266 g/mol. The zero-order chi connectivity index (χ0) is 13.9. The molecule has 1 N–H and O–H groups in total. The van der Waals surface area contributed by atoms with Crippen molar-refractivity contribution in [1.82, 2.24) is 10.3 Å². The van der Waals surface area contributed by atoms with Crippen LogP contribution in [0.5, 0.6) is 0 Å². The van der Waals surface area contributed by atoms with Crippen molar-refractivity contribution in [2.75, 3.05) is 0 Å². The fourth-order valence-electron chi connectivity index (χ4n) is 2.85. The van der Waals surface area contributed by atoms with Gasteiger partial charge in [0.25, 0.3) is 0 Å². The molecule has 2 nitrogen and oxygen atoms in total. The average Bonchev–Trinajstić information content (AvgIpc) is 2.41. The largest absolute Gasteiger partial charge is 0.310 e. The van der Waals surface area contributed by atoms with E-state index in [4.69, 9.17) is 0 Å². The van der Waals surface area contributed by atoms with Gasteiger partial charge in [0.1, 0.15) is 0 Å². The maximum absolute atomic E-state index is 4.14. The first kappa shape index (κ1) is 13.3. The average molecular weight is 266 g/mol. The van der Waals surface area contributed by atoms with Crippen LogP contribution < -0.4 is 5.32 Å². The fraction of sp³-hybridized carbons (Fsp3) is 0.389. The minimum absolute atomic E-state index is 0.661. The van der Waals surface area contributed by atoms with Gasteiger partial charge in [-0.05, 0) is 55.4 Å². The number of nitrogens with one attached hydrogen (secondary N) is 1. The molecule has 0 saturated heterocycles. The Kier molecular flexibility index (Phi) is 3.83. The van der Waals surface area contributed by atoms with Crippen molar-refractivity contribution >= 4 is 0 Å². The van der Waals surface area contributed by atoms with Gasteiger partial charge in [-0.15, -0.1) is 0 Å². The fourth-order valence-corrected chi connectivity index (χ4v) is 2.85. The number of aryl methyl sites for hydroxylation is 2. The second-order valence-electron chi connectivity index (χ2n) is 5.96. The third-order valence-corrected chi connectivity index (χ3v) is 4.40. The Hall–Kier alpha value is -1.67. The predicted molar refractivity (Wildman–Crippen MR) is 82.8 cm³/mol. The van der Waals surface area contributed by atoms with Crippen LogP contribution in [0.3, 0.4) is 0 Å². The van der Waals surface area contributed by atoms with Gasteiger partial charge in [0.15, 0.2) is 0 Å². The minimum atomic E-state index is 0.661. The molecule has 20 heavy (non-hydrogen) atoms. The van der Waals surface area contributed by atoms with Gasteiger partial charge in [0.2, 0.25) is 0 Å². The lowest BCUT2D eigenvalue weighted by atomic mass is 9.75. The Labute approximate surface area is 121 Å². The second kappa shape index (κ2) is 5.76. The normalized spacial score (nSPS) is 21.5. The lowest BCUT2D eigenvalue weighted by Crippen LogP contribution is -2.39. The second-order valence-corrected chi connectivity index (χ2v) is 5.96. The first-order valence-electron chi connectivity index (χ1n) is 7.42. The number of rotatable bonds is 4. The minimum Gasteiger partial charge on any atom is -0.310 e. The van der Waals surface area contributed by atoms with E-state index >= 15 is 0 Å². The molecule has 2 aromatic rings. The molecule has 0 aliphatic heterocycles. The molecule has 104 valence electrons. The first-order valence-corrected chi connectivity index (χ1v) is 7.42. The van der Waals surface area contributed by atoms with Crippen molar-refractivity contribution in [2.24, 2.45) is 0 Å². The van der Waals surface area contributed by atoms with E-state index in [1.165, 1.54) is 35.1 Å². The summed E-state index contributed by atoms with van der Waals surface area (Å²) in [5.74, 6) is 0.742. The lowest BCUT2D eigenvalue weighted by molar-refractivity contribution is 0.289. The lowest BCUT2D eigenvalue weighted by Gasteiger charge is -2.36. The molecule has 0 bridgehead atoms. The van der Waals surface area contributed by atoms with Crippen LogP contribution in [0.2, 0.25) is 0 Å². The van der Waals surface area contributed by atoms with Crippen LogP contribution in [0, 0.1) is 13.8 Å². The Bertz CT molecular complexity index is 568. The molecule has 2 heteroatoms. The van der Waals surface area contributed by atoms with E-state index in [2.05, 4.69) is 54.5 Å². The highest BCUT2D eigenvalue weighted by molar-refractivity contribution is 5.27. The van der Waals surface area contributed by atoms with E-state index in [1.54, 1.807) is 0 Å².